The molecule has 4 nitrogen and oxygen atoms in total. The molecule has 0 spiro atoms. The van der Waals surface area contributed by atoms with E-state index in [1.165, 1.54) is 38.5 Å². The number of carboxylic acid groups (broad SMARTS) is 1. The van der Waals surface area contributed by atoms with Crippen molar-refractivity contribution in [3.05, 3.63) is 18.2 Å². The highest BCUT2D eigenvalue weighted by molar-refractivity contribution is 5.66. The summed E-state index contributed by atoms with van der Waals surface area (Å²) in [5.41, 5.74) is 1.38. The predicted octanol–water partition coefficient (Wildman–Crippen LogP) is 2.83. The van der Waals surface area contributed by atoms with Gasteiger partial charge in [-0.05, 0) is 62.7 Å². The molecule has 5 rings (SSSR count). The van der Waals surface area contributed by atoms with Gasteiger partial charge >= 0.3 is 5.97 Å². The average molecular weight is 274 g/mol. The predicted molar refractivity (Wildman–Crippen MR) is 74.3 cm³/mol. The van der Waals surface area contributed by atoms with Crippen LogP contribution in [0.4, 0.5) is 0 Å². The van der Waals surface area contributed by atoms with Crippen LogP contribution in [-0.4, -0.2) is 20.6 Å². The molecule has 0 atom stereocenters. The quantitative estimate of drug-likeness (QED) is 0.918. The molecule has 4 aliphatic carbocycles. The third kappa shape index (κ3) is 1.88. The summed E-state index contributed by atoms with van der Waals surface area (Å²) in [6.07, 6.45) is 12.8. The zero-order valence-corrected chi connectivity index (χ0v) is 11.8. The first-order chi connectivity index (χ1) is 9.64. The Bertz CT molecular complexity index is 499. The van der Waals surface area contributed by atoms with Crippen molar-refractivity contribution < 1.29 is 9.90 Å². The summed E-state index contributed by atoms with van der Waals surface area (Å²) < 4.78 is 2.36. The van der Waals surface area contributed by atoms with Crippen molar-refractivity contribution in [3.8, 4) is 0 Å². The van der Waals surface area contributed by atoms with Gasteiger partial charge in [0.25, 0.3) is 0 Å². The SMILES string of the molecule is O=C(O)CCc1cncn1C12CC3CC(CC(C3)C1)C2. The zero-order valence-electron chi connectivity index (χ0n) is 11.8. The lowest BCUT2D eigenvalue weighted by Crippen LogP contribution is -2.52. The maximum absolute atomic E-state index is 10.8. The molecule has 1 N–H and O–H groups in total. The van der Waals surface area contributed by atoms with Crippen molar-refractivity contribution in [2.45, 2.75) is 56.9 Å². The number of imidazole rings is 1. The first-order valence-corrected chi connectivity index (χ1v) is 7.88. The monoisotopic (exact) mass is 274 g/mol. The van der Waals surface area contributed by atoms with Gasteiger partial charge in [-0.1, -0.05) is 0 Å². The van der Waals surface area contributed by atoms with Crippen LogP contribution in [0.1, 0.15) is 50.6 Å². The summed E-state index contributed by atoms with van der Waals surface area (Å²) in [7, 11) is 0. The van der Waals surface area contributed by atoms with Crippen LogP contribution in [0.3, 0.4) is 0 Å². The number of aryl methyl sites for hydroxylation is 1. The Morgan fingerprint density at radius 2 is 1.85 bits per heavy atom. The van der Waals surface area contributed by atoms with Crippen molar-refractivity contribution in [1.29, 1.82) is 0 Å². The lowest BCUT2D eigenvalue weighted by atomic mass is 9.53. The van der Waals surface area contributed by atoms with Crippen LogP contribution < -0.4 is 0 Å². The third-order valence-electron chi connectivity index (χ3n) is 5.83. The minimum absolute atomic E-state index is 0.206. The lowest BCUT2D eigenvalue weighted by Gasteiger charge is -2.57. The Kier molecular flexibility index (Phi) is 2.69. The molecule has 0 aliphatic heterocycles. The number of carboxylic acids is 1. The number of aliphatic carboxylic acids is 1. The number of hydrogen-bond donors (Lipinski definition) is 1. The van der Waals surface area contributed by atoms with Gasteiger partial charge in [0.05, 0.1) is 12.7 Å². The van der Waals surface area contributed by atoms with Crippen LogP contribution in [0, 0.1) is 17.8 Å². The number of nitrogens with zero attached hydrogens (tertiary/aromatic N) is 2. The molecule has 1 heterocycles. The average Bonchev–Trinajstić information content (AvgIpc) is 2.83. The minimum atomic E-state index is -0.719. The third-order valence-corrected chi connectivity index (χ3v) is 5.83. The van der Waals surface area contributed by atoms with E-state index >= 15 is 0 Å². The smallest absolute Gasteiger partial charge is 0.303 e. The fraction of sp³-hybridized carbons (Fsp3) is 0.750. The van der Waals surface area contributed by atoms with E-state index < -0.39 is 5.97 Å². The fourth-order valence-corrected chi connectivity index (χ4v) is 5.53. The number of carbonyl (C=O) groups is 1. The molecule has 1 aromatic heterocycles. The van der Waals surface area contributed by atoms with Gasteiger partial charge in [-0.2, -0.15) is 0 Å². The Morgan fingerprint density at radius 1 is 1.25 bits per heavy atom. The molecule has 4 saturated carbocycles. The Labute approximate surface area is 119 Å². The highest BCUT2D eigenvalue weighted by Gasteiger charge is 2.52. The van der Waals surface area contributed by atoms with Crippen LogP contribution in [-0.2, 0) is 16.8 Å². The molecule has 4 heteroatoms. The van der Waals surface area contributed by atoms with E-state index in [0.717, 1.165) is 23.4 Å². The molecule has 4 fully saturated rings. The van der Waals surface area contributed by atoms with Gasteiger partial charge in [-0.25, -0.2) is 4.98 Å². The number of rotatable bonds is 4. The summed E-state index contributed by atoms with van der Waals surface area (Å²) in [6.45, 7) is 0. The Morgan fingerprint density at radius 3 is 2.40 bits per heavy atom. The summed E-state index contributed by atoms with van der Waals surface area (Å²) in [4.78, 5) is 15.2. The van der Waals surface area contributed by atoms with Gasteiger partial charge < -0.3 is 9.67 Å². The van der Waals surface area contributed by atoms with Gasteiger partial charge in [0.1, 0.15) is 0 Å². The highest BCUT2D eigenvalue weighted by atomic mass is 16.4. The molecular formula is C16H22N2O2. The second-order valence-electron chi connectivity index (χ2n) is 7.29. The van der Waals surface area contributed by atoms with Crippen molar-refractivity contribution in [3.63, 3.8) is 0 Å². The maximum Gasteiger partial charge on any atom is 0.303 e. The van der Waals surface area contributed by atoms with Crippen molar-refractivity contribution in [1.82, 2.24) is 9.55 Å². The standard InChI is InChI=1S/C16H22N2O2/c19-15(20)2-1-14-9-17-10-18(14)16-6-11-3-12(7-16)5-13(4-11)8-16/h9-13H,1-8H2,(H,19,20). The van der Waals surface area contributed by atoms with Crippen LogP contribution in [0.5, 0.6) is 0 Å². The van der Waals surface area contributed by atoms with E-state index in [4.69, 9.17) is 5.11 Å². The molecule has 0 radical (unpaired) electrons. The van der Waals surface area contributed by atoms with Crippen LogP contribution in [0.25, 0.3) is 0 Å². The molecule has 4 aliphatic rings. The Balaban J connectivity index is 1.64. The molecule has 0 aromatic carbocycles. The molecule has 0 saturated heterocycles. The summed E-state index contributed by atoms with van der Waals surface area (Å²) in [5.74, 6) is 1.98. The highest BCUT2D eigenvalue weighted by Crippen LogP contribution is 2.59. The van der Waals surface area contributed by atoms with E-state index in [-0.39, 0.29) is 12.0 Å². The summed E-state index contributed by atoms with van der Waals surface area (Å²) in [6, 6.07) is 0. The van der Waals surface area contributed by atoms with E-state index in [2.05, 4.69) is 9.55 Å². The van der Waals surface area contributed by atoms with Gasteiger partial charge in [-0.15, -0.1) is 0 Å². The Hall–Kier alpha value is -1.32. The fourth-order valence-electron chi connectivity index (χ4n) is 5.53. The molecule has 1 aromatic rings. The first kappa shape index (κ1) is 12.4. The van der Waals surface area contributed by atoms with Crippen molar-refractivity contribution in [2.24, 2.45) is 17.8 Å². The van der Waals surface area contributed by atoms with Crippen LogP contribution in [0.2, 0.25) is 0 Å². The van der Waals surface area contributed by atoms with Crippen LogP contribution >= 0.6 is 0 Å². The minimum Gasteiger partial charge on any atom is -0.481 e. The second kappa shape index (κ2) is 4.34. The van der Waals surface area contributed by atoms with Gasteiger partial charge in [0.2, 0.25) is 0 Å². The zero-order chi connectivity index (χ0) is 13.7. The van der Waals surface area contributed by atoms with Crippen molar-refractivity contribution >= 4 is 5.97 Å². The first-order valence-electron chi connectivity index (χ1n) is 7.88. The van der Waals surface area contributed by atoms with E-state index in [9.17, 15) is 4.79 Å². The second-order valence-corrected chi connectivity index (χ2v) is 7.29. The molecular weight excluding hydrogens is 252 g/mol. The molecule has 0 unspecified atom stereocenters. The molecule has 108 valence electrons. The van der Waals surface area contributed by atoms with Crippen LogP contribution in [0.15, 0.2) is 12.5 Å². The van der Waals surface area contributed by atoms with E-state index in [1.54, 1.807) is 0 Å². The van der Waals surface area contributed by atoms with Crippen molar-refractivity contribution in [2.75, 3.05) is 0 Å². The molecule has 20 heavy (non-hydrogen) atoms. The van der Waals surface area contributed by atoms with E-state index in [1.807, 2.05) is 12.5 Å². The number of hydrogen-bond acceptors (Lipinski definition) is 2. The molecule has 0 amide bonds. The summed E-state index contributed by atoms with van der Waals surface area (Å²) in [5, 5.41) is 8.91. The largest absolute Gasteiger partial charge is 0.481 e. The normalized spacial score (nSPS) is 38.3. The topological polar surface area (TPSA) is 55.1 Å². The van der Waals surface area contributed by atoms with Gasteiger partial charge in [0, 0.05) is 17.4 Å². The molecule has 4 bridgehead atoms. The summed E-state index contributed by atoms with van der Waals surface area (Å²) >= 11 is 0. The number of aromatic nitrogens is 2. The maximum atomic E-state index is 10.8. The van der Waals surface area contributed by atoms with Gasteiger partial charge in [0.15, 0.2) is 0 Å². The van der Waals surface area contributed by atoms with E-state index in [0.29, 0.717) is 6.42 Å². The lowest BCUT2D eigenvalue weighted by molar-refractivity contribution is -0.137. The van der Waals surface area contributed by atoms with Gasteiger partial charge in [-0.3, -0.25) is 4.79 Å².